The van der Waals surface area contributed by atoms with Gasteiger partial charge in [-0.05, 0) is 76.0 Å². The number of aliphatic hydroxyl groups is 1. The number of aromatic hydroxyl groups is 1. The molecule has 2 saturated heterocycles. The quantitative estimate of drug-likeness (QED) is 0.0354. The molecule has 4 unspecified atom stereocenters. The van der Waals surface area contributed by atoms with E-state index in [9.17, 15) is 58.2 Å². The zero-order valence-corrected chi connectivity index (χ0v) is 43.0. The number of hydrogen-bond donors (Lipinski definition) is 11. The standard InChI is InChI=1S/C47H74N12O14/c1-21(2)20-30-44(69)59(9)31(17-18-32(48)62)40(65)57-36(37(72-10)27-13-15-28(61)16-14-27)45(70)58(8)24(5)46(71)73-26(7)35(56-41(66)33-22(3)23(4)38(63)54-33)43(68)55-34(25(6)60)42(67)52-29(39(64)53-30)12-11-19-51-47(49)50/h13-16,21-26,29-31,33-37,60-61H,11-12,17-20H2,1-10H3,(H2,48,62)(H,52,67)(H,53,64)(H,54,63)(H,55,68)(H,56,66)(H,57,65)(H4,49,50,51)/t22-,23+,24-,25+,26+,29+,30?,31-,33-,34-,35?,36?,37?/m0/s1. The average Bonchev–Trinajstić information content (AvgIpc) is 3.58. The van der Waals surface area contributed by atoms with Crippen LogP contribution in [0.2, 0.25) is 0 Å². The van der Waals surface area contributed by atoms with E-state index in [0.29, 0.717) is 0 Å². The topological polar surface area (TPSA) is 399 Å². The van der Waals surface area contributed by atoms with Crippen LogP contribution in [0.4, 0.5) is 0 Å². The minimum Gasteiger partial charge on any atom is -0.508 e. The van der Waals surface area contributed by atoms with Crippen LogP contribution < -0.4 is 49.1 Å². The number of esters is 1. The smallest absolute Gasteiger partial charge is 0.328 e. The Morgan fingerprint density at radius 1 is 0.781 bits per heavy atom. The van der Waals surface area contributed by atoms with Gasteiger partial charge in [0.15, 0.2) is 5.96 Å². The summed E-state index contributed by atoms with van der Waals surface area (Å²) in [6.45, 7) is 10.4. The molecule has 0 spiro atoms. The molecule has 3 rings (SSSR count). The molecule has 2 fully saturated rings. The number of carbonyl (C=O) groups excluding carboxylic acids is 10. The van der Waals surface area contributed by atoms with Crippen LogP contribution >= 0.6 is 0 Å². The van der Waals surface area contributed by atoms with Crippen LogP contribution in [-0.2, 0) is 57.4 Å². The number of nitrogens with two attached hydrogens (primary N) is 3. The van der Waals surface area contributed by atoms with Gasteiger partial charge in [-0.3, -0.25) is 48.1 Å². The van der Waals surface area contributed by atoms with E-state index in [0.717, 1.165) is 16.7 Å². The molecule has 9 amide bonds. The van der Waals surface area contributed by atoms with Crippen LogP contribution in [0.15, 0.2) is 29.3 Å². The first kappa shape index (κ1) is 60.2. The maximum absolute atomic E-state index is 14.8. The Morgan fingerprint density at radius 3 is 1.92 bits per heavy atom. The summed E-state index contributed by atoms with van der Waals surface area (Å²) in [4.78, 5) is 145. The van der Waals surface area contributed by atoms with Crippen LogP contribution in [0.3, 0.4) is 0 Å². The summed E-state index contributed by atoms with van der Waals surface area (Å²) in [5, 5.41) is 36.3. The number of amides is 9. The van der Waals surface area contributed by atoms with Crippen molar-refractivity contribution < 1.29 is 67.6 Å². The van der Waals surface area contributed by atoms with Gasteiger partial charge in [0.2, 0.25) is 53.2 Å². The summed E-state index contributed by atoms with van der Waals surface area (Å²) >= 11 is 0. The highest BCUT2D eigenvalue weighted by atomic mass is 16.5. The first-order valence-corrected chi connectivity index (χ1v) is 24.0. The number of aliphatic hydroxyl groups excluding tert-OH is 1. The fraction of sp³-hybridized carbons (Fsp3) is 0.638. The highest BCUT2D eigenvalue weighted by Gasteiger charge is 2.45. The normalized spacial score (nSPS) is 28.2. The van der Waals surface area contributed by atoms with E-state index in [-0.39, 0.29) is 55.4 Å². The predicted octanol–water partition coefficient (Wildman–Crippen LogP) is -3.36. The van der Waals surface area contributed by atoms with E-state index in [1.165, 1.54) is 59.3 Å². The van der Waals surface area contributed by atoms with Gasteiger partial charge in [0.1, 0.15) is 66.3 Å². The zero-order chi connectivity index (χ0) is 55.2. The van der Waals surface area contributed by atoms with Gasteiger partial charge in [0.05, 0.1) is 6.10 Å². The number of phenolic OH excluding ortho intramolecular Hbond substituents is 1. The molecule has 26 heteroatoms. The van der Waals surface area contributed by atoms with E-state index in [4.69, 9.17) is 26.7 Å². The van der Waals surface area contributed by atoms with Crippen molar-refractivity contribution in [2.24, 2.45) is 39.9 Å². The Hall–Kier alpha value is -7.09. The average molecular weight is 1030 g/mol. The number of primary amides is 1. The number of guanidine groups is 1. The van der Waals surface area contributed by atoms with Crippen LogP contribution in [0.5, 0.6) is 5.75 Å². The lowest BCUT2D eigenvalue weighted by molar-refractivity contribution is -0.161. The summed E-state index contributed by atoms with van der Waals surface area (Å²) in [6.07, 6.45) is -5.55. The number of aliphatic imine (C=N–C) groups is 1. The molecule has 2 heterocycles. The Bertz CT molecular complexity index is 2210. The van der Waals surface area contributed by atoms with E-state index >= 15 is 0 Å². The van der Waals surface area contributed by atoms with Crippen molar-refractivity contribution in [3.8, 4) is 5.75 Å². The zero-order valence-electron chi connectivity index (χ0n) is 43.0. The van der Waals surface area contributed by atoms with Crippen molar-refractivity contribution >= 4 is 65.1 Å². The van der Waals surface area contributed by atoms with Crippen LogP contribution in [0.1, 0.15) is 92.2 Å². The fourth-order valence-corrected chi connectivity index (χ4v) is 8.28. The number of rotatable bonds is 15. The van der Waals surface area contributed by atoms with Gasteiger partial charge in [-0.2, -0.15) is 0 Å². The predicted molar refractivity (Wildman–Crippen MR) is 262 cm³/mol. The summed E-state index contributed by atoms with van der Waals surface area (Å²) < 4.78 is 11.5. The maximum atomic E-state index is 14.8. The molecule has 13 atom stereocenters. The Labute approximate surface area is 424 Å². The van der Waals surface area contributed by atoms with Gasteiger partial charge in [-0.15, -0.1) is 0 Å². The molecule has 2 aliphatic rings. The third-order valence-electron chi connectivity index (χ3n) is 13.0. The summed E-state index contributed by atoms with van der Waals surface area (Å²) in [7, 11) is 3.68. The monoisotopic (exact) mass is 1030 g/mol. The highest BCUT2D eigenvalue weighted by Crippen LogP contribution is 2.27. The molecule has 2 aliphatic heterocycles. The lowest BCUT2D eigenvalue weighted by atomic mass is 9.93. The largest absolute Gasteiger partial charge is 0.508 e. The van der Waals surface area contributed by atoms with Crippen LogP contribution in [-0.4, -0.2) is 173 Å². The maximum Gasteiger partial charge on any atom is 0.328 e. The van der Waals surface area contributed by atoms with Gasteiger partial charge < -0.3 is 78.6 Å². The van der Waals surface area contributed by atoms with E-state index in [1.807, 2.05) is 0 Å². The molecule has 0 saturated carbocycles. The third kappa shape index (κ3) is 16.5. The lowest BCUT2D eigenvalue weighted by Gasteiger charge is -2.36. The van der Waals surface area contributed by atoms with Crippen LogP contribution in [0, 0.1) is 17.8 Å². The number of ether oxygens (including phenoxy) is 2. The van der Waals surface area contributed by atoms with Gasteiger partial charge in [0, 0.05) is 40.1 Å². The van der Waals surface area contributed by atoms with E-state index in [2.05, 4.69) is 36.9 Å². The van der Waals surface area contributed by atoms with Gasteiger partial charge in [-0.25, -0.2) is 4.79 Å². The highest BCUT2D eigenvalue weighted by molar-refractivity contribution is 5.99. The molecule has 406 valence electrons. The molecule has 0 aromatic heterocycles. The van der Waals surface area contributed by atoms with Crippen molar-refractivity contribution in [1.29, 1.82) is 0 Å². The first-order valence-electron chi connectivity index (χ1n) is 24.0. The molecule has 0 aliphatic carbocycles. The first-order chi connectivity index (χ1) is 34.1. The number of nitrogens with zero attached hydrogens (tertiary/aromatic N) is 3. The van der Waals surface area contributed by atoms with Crippen molar-refractivity contribution in [1.82, 2.24) is 41.7 Å². The second-order valence-corrected chi connectivity index (χ2v) is 19.0. The number of nitrogens with one attached hydrogen (secondary N) is 6. The molecule has 14 N–H and O–H groups in total. The molecule has 0 radical (unpaired) electrons. The second-order valence-electron chi connectivity index (χ2n) is 19.0. The summed E-state index contributed by atoms with van der Waals surface area (Å²) in [6, 6.07) is -7.09. The molecule has 1 aromatic carbocycles. The molecule has 26 nitrogen and oxygen atoms in total. The molecule has 73 heavy (non-hydrogen) atoms. The minimum absolute atomic E-state index is 0.0162. The van der Waals surface area contributed by atoms with Crippen LogP contribution in [0.25, 0.3) is 0 Å². The van der Waals surface area contributed by atoms with Crippen molar-refractivity contribution in [3.63, 3.8) is 0 Å². The third-order valence-corrected chi connectivity index (χ3v) is 13.0. The number of benzene rings is 1. The van der Waals surface area contributed by atoms with E-state index < -0.39 is 144 Å². The van der Waals surface area contributed by atoms with Crippen molar-refractivity contribution in [3.05, 3.63) is 29.8 Å². The molecular formula is C47H74N12O14. The second kappa shape index (κ2) is 27.1. The van der Waals surface area contributed by atoms with Gasteiger partial charge in [0.25, 0.3) is 0 Å². The summed E-state index contributed by atoms with van der Waals surface area (Å²) in [5.41, 5.74) is 16.8. The van der Waals surface area contributed by atoms with Gasteiger partial charge >= 0.3 is 5.97 Å². The Kier molecular flexibility index (Phi) is 22.4. The van der Waals surface area contributed by atoms with Gasteiger partial charge in [-0.1, -0.05) is 39.8 Å². The van der Waals surface area contributed by atoms with Crippen molar-refractivity contribution in [2.75, 3.05) is 27.7 Å². The number of carbonyl (C=O) groups is 10. The number of phenols is 1. The summed E-state index contributed by atoms with van der Waals surface area (Å²) in [5.74, 6) is -11.1. The fourth-order valence-electron chi connectivity index (χ4n) is 8.28. The number of methoxy groups -OCH3 is 1. The molecule has 0 bridgehead atoms. The SMILES string of the molecule is COC(c1ccc(O)cc1)C1NC(=O)[C@H](CCC(N)=O)N(C)C(=O)C(CC(C)C)NC(=O)[C@@H](CCCN=C(N)N)NC(=O)[C@H]([C@@H](C)O)NC(=O)C(NC(=O)[C@H]2NC(=O)[C@H](C)[C@@H]2C)[C@@H](C)OC(=O)[C@H](C)N(C)C1=O. The number of likely N-dealkylation sites (N-methyl/N-ethyl adjacent to an activating group) is 2. The molecule has 1 aromatic rings. The minimum atomic E-state index is -1.85. The van der Waals surface area contributed by atoms with Crippen molar-refractivity contribution in [2.45, 2.75) is 147 Å². The lowest BCUT2D eigenvalue weighted by Crippen LogP contribution is -2.63. The Morgan fingerprint density at radius 2 is 1.38 bits per heavy atom. The van der Waals surface area contributed by atoms with E-state index in [1.54, 1.807) is 27.7 Å². The Balaban J connectivity index is 2.30. The number of hydrogen-bond acceptors (Lipinski definition) is 15. The molecular weight excluding hydrogens is 957 g/mol. The number of cyclic esters (lactones) is 1.